The highest BCUT2D eigenvalue weighted by molar-refractivity contribution is 7.91. The van der Waals surface area contributed by atoms with Gasteiger partial charge in [0.25, 0.3) is 5.91 Å². The molecule has 1 amide bonds. The van der Waals surface area contributed by atoms with E-state index in [1.807, 2.05) is 59.5 Å². The zero-order valence-electron chi connectivity index (χ0n) is 17.6. The second-order valence-corrected chi connectivity index (χ2v) is 11.1. The molecule has 0 N–H and O–H groups in total. The van der Waals surface area contributed by atoms with Gasteiger partial charge < -0.3 is 4.90 Å². The van der Waals surface area contributed by atoms with Gasteiger partial charge in [0.15, 0.2) is 9.84 Å². The summed E-state index contributed by atoms with van der Waals surface area (Å²) in [4.78, 5) is 22.4. The zero-order chi connectivity index (χ0) is 22.3. The van der Waals surface area contributed by atoms with Gasteiger partial charge in [-0.15, -0.1) is 0 Å². The number of aromatic nitrogens is 1. The molecule has 2 aliphatic heterocycles. The lowest BCUT2D eigenvalue weighted by Gasteiger charge is -2.37. The number of pyridine rings is 1. The van der Waals surface area contributed by atoms with Crippen molar-refractivity contribution in [2.45, 2.75) is 12.5 Å². The summed E-state index contributed by atoms with van der Waals surface area (Å²) in [7, 11) is -2.91. The van der Waals surface area contributed by atoms with Gasteiger partial charge in [-0.05, 0) is 30.7 Å². The number of carbonyl (C=O) groups is 1. The van der Waals surface area contributed by atoms with Gasteiger partial charge in [-0.2, -0.15) is 0 Å². The number of hydrogen-bond donors (Lipinski definition) is 0. The van der Waals surface area contributed by atoms with Crippen LogP contribution in [0.3, 0.4) is 0 Å². The van der Waals surface area contributed by atoms with Crippen LogP contribution in [0.2, 0.25) is 5.02 Å². The zero-order valence-corrected chi connectivity index (χ0v) is 19.1. The third-order valence-corrected chi connectivity index (χ3v) is 8.42. The average Bonchev–Trinajstić information content (AvgIpc) is 3.18. The molecule has 0 bridgehead atoms. The van der Waals surface area contributed by atoms with Crippen molar-refractivity contribution >= 4 is 38.2 Å². The van der Waals surface area contributed by atoms with Gasteiger partial charge in [-0.25, -0.2) is 13.4 Å². The summed E-state index contributed by atoms with van der Waals surface area (Å²) in [5.74, 6) is 0.491. The van der Waals surface area contributed by atoms with Crippen molar-refractivity contribution in [1.82, 2.24) is 14.8 Å². The monoisotopic (exact) mass is 469 g/mol. The lowest BCUT2D eigenvalue weighted by molar-refractivity contribution is 0.0589. The van der Waals surface area contributed by atoms with E-state index in [0.717, 1.165) is 22.2 Å². The largest absolute Gasteiger partial charge is 0.336 e. The Labute approximate surface area is 192 Å². The van der Waals surface area contributed by atoms with E-state index in [1.165, 1.54) is 0 Å². The minimum atomic E-state index is -2.91. The van der Waals surface area contributed by atoms with E-state index in [9.17, 15) is 13.2 Å². The summed E-state index contributed by atoms with van der Waals surface area (Å²) >= 11 is 6.03. The van der Waals surface area contributed by atoms with Crippen LogP contribution in [0.5, 0.6) is 0 Å². The first-order valence-corrected chi connectivity index (χ1v) is 13.0. The molecular weight excluding hydrogens is 446 g/mol. The minimum Gasteiger partial charge on any atom is -0.336 e. The highest BCUT2D eigenvalue weighted by Gasteiger charge is 2.34. The number of para-hydroxylation sites is 1. The first-order valence-electron chi connectivity index (χ1n) is 10.8. The molecule has 32 heavy (non-hydrogen) atoms. The number of nitrogens with zero attached hydrogens (tertiary/aromatic N) is 3. The number of amides is 1. The van der Waals surface area contributed by atoms with Crippen molar-refractivity contribution in [1.29, 1.82) is 0 Å². The Kier molecular flexibility index (Phi) is 5.65. The third kappa shape index (κ3) is 4.25. The Morgan fingerprint density at radius 3 is 2.41 bits per heavy atom. The number of rotatable bonds is 3. The molecule has 3 aromatic rings. The fourth-order valence-corrected chi connectivity index (χ4v) is 6.53. The fourth-order valence-electron chi connectivity index (χ4n) is 4.64. The second-order valence-electron chi connectivity index (χ2n) is 8.46. The molecule has 5 rings (SSSR count). The van der Waals surface area contributed by atoms with Crippen LogP contribution in [0.1, 0.15) is 16.8 Å². The number of benzene rings is 2. The van der Waals surface area contributed by atoms with Gasteiger partial charge in [0.1, 0.15) is 0 Å². The molecule has 0 aliphatic carbocycles. The van der Waals surface area contributed by atoms with E-state index in [0.29, 0.717) is 43.2 Å². The molecule has 2 saturated heterocycles. The normalized spacial score (nSPS) is 21.2. The standard InChI is InChI=1S/C24H24ClN3O3S/c25-18-7-5-17(6-8-18)23-15-21(20-3-1-2-4-22(20)26-23)24(29)28-12-10-27(11-13-28)19-9-14-32(30,31)16-19/h1-8,15,19H,9-14,16H2/t19-/m1/s1. The quantitative estimate of drug-likeness (QED) is 0.587. The first-order chi connectivity index (χ1) is 15.4. The Morgan fingerprint density at radius 2 is 1.72 bits per heavy atom. The van der Waals surface area contributed by atoms with Gasteiger partial charge >= 0.3 is 0 Å². The van der Waals surface area contributed by atoms with Crippen LogP contribution in [-0.2, 0) is 9.84 Å². The van der Waals surface area contributed by atoms with Crippen LogP contribution in [0.25, 0.3) is 22.2 Å². The molecular formula is C24H24ClN3O3S. The van der Waals surface area contributed by atoms with Crippen LogP contribution < -0.4 is 0 Å². The summed E-state index contributed by atoms with van der Waals surface area (Å²) in [5.41, 5.74) is 3.05. The number of fused-ring (bicyclic) bond motifs is 1. The number of carbonyl (C=O) groups excluding carboxylic acids is 1. The van der Waals surface area contributed by atoms with E-state index in [2.05, 4.69) is 4.90 Å². The van der Waals surface area contributed by atoms with Crippen molar-refractivity contribution in [3.63, 3.8) is 0 Å². The predicted octanol–water partition coefficient (Wildman–Crippen LogP) is 3.50. The first kappa shape index (κ1) is 21.4. The summed E-state index contributed by atoms with van der Waals surface area (Å²) < 4.78 is 23.7. The van der Waals surface area contributed by atoms with E-state index >= 15 is 0 Å². The molecule has 1 aromatic heterocycles. The molecule has 0 unspecified atom stereocenters. The van der Waals surface area contributed by atoms with E-state index < -0.39 is 9.84 Å². The molecule has 2 aromatic carbocycles. The Bertz CT molecular complexity index is 1270. The van der Waals surface area contributed by atoms with E-state index in [-0.39, 0.29) is 23.5 Å². The summed E-state index contributed by atoms with van der Waals surface area (Å²) in [6, 6.07) is 17.1. The Balaban J connectivity index is 1.40. The van der Waals surface area contributed by atoms with E-state index in [1.54, 1.807) is 0 Å². The van der Waals surface area contributed by atoms with Crippen molar-refractivity contribution in [3.05, 3.63) is 65.2 Å². The van der Waals surface area contributed by atoms with Gasteiger partial charge in [-0.1, -0.05) is 41.9 Å². The van der Waals surface area contributed by atoms with Crippen LogP contribution in [0, 0.1) is 0 Å². The minimum absolute atomic E-state index is 0.0162. The maximum absolute atomic E-state index is 13.5. The van der Waals surface area contributed by atoms with Gasteiger partial charge in [0.05, 0.1) is 28.3 Å². The van der Waals surface area contributed by atoms with Gasteiger partial charge in [0.2, 0.25) is 0 Å². The van der Waals surface area contributed by atoms with Crippen molar-refractivity contribution in [3.8, 4) is 11.3 Å². The smallest absolute Gasteiger partial charge is 0.254 e. The molecule has 6 nitrogen and oxygen atoms in total. The summed E-state index contributed by atoms with van der Waals surface area (Å²) in [5, 5.41) is 1.48. The van der Waals surface area contributed by atoms with Gasteiger partial charge in [0, 0.05) is 48.2 Å². The SMILES string of the molecule is O=C(c1cc(-c2ccc(Cl)cc2)nc2ccccc12)N1CCN([C@@H]2CCS(=O)(=O)C2)CC1. The highest BCUT2D eigenvalue weighted by Crippen LogP contribution is 2.27. The molecule has 3 heterocycles. The van der Waals surface area contributed by atoms with Crippen LogP contribution >= 0.6 is 11.6 Å². The Hall–Kier alpha value is -2.48. The van der Waals surface area contributed by atoms with Crippen LogP contribution in [-0.4, -0.2) is 72.8 Å². The van der Waals surface area contributed by atoms with Crippen LogP contribution in [0.4, 0.5) is 0 Å². The lowest BCUT2D eigenvalue weighted by Crippen LogP contribution is -2.52. The van der Waals surface area contributed by atoms with Crippen LogP contribution in [0.15, 0.2) is 54.6 Å². The maximum Gasteiger partial charge on any atom is 0.254 e. The molecule has 0 radical (unpaired) electrons. The van der Waals surface area contributed by atoms with Crippen molar-refractivity contribution < 1.29 is 13.2 Å². The fraction of sp³-hybridized carbons (Fsp3) is 0.333. The maximum atomic E-state index is 13.5. The number of sulfone groups is 1. The molecule has 166 valence electrons. The van der Waals surface area contributed by atoms with Crippen molar-refractivity contribution in [2.24, 2.45) is 0 Å². The highest BCUT2D eigenvalue weighted by atomic mass is 35.5. The number of hydrogen-bond acceptors (Lipinski definition) is 5. The Morgan fingerprint density at radius 1 is 1.00 bits per heavy atom. The molecule has 2 fully saturated rings. The summed E-state index contributed by atoms with van der Waals surface area (Å²) in [6.07, 6.45) is 0.690. The molecule has 0 spiro atoms. The molecule has 0 saturated carbocycles. The second kappa shape index (κ2) is 8.46. The van der Waals surface area contributed by atoms with Gasteiger partial charge in [-0.3, -0.25) is 9.69 Å². The predicted molar refractivity (Wildman–Crippen MR) is 127 cm³/mol. The number of halogens is 1. The molecule has 8 heteroatoms. The lowest BCUT2D eigenvalue weighted by atomic mass is 10.0. The summed E-state index contributed by atoms with van der Waals surface area (Å²) in [6.45, 7) is 2.56. The van der Waals surface area contributed by atoms with Crippen molar-refractivity contribution in [2.75, 3.05) is 37.7 Å². The van der Waals surface area contributed by atoms with E-state index in [4.69, 9.17) is 16.6 Å². The molecule has 1 atom stereocenters. The molecule has 2 aliphatic rings. The number of piperazine rings is 1. The topological polar surface area (TPSA) is 70.6 Å². The average molecular weight is 470 g/mol. The third-order valence-electron chi connectivity index (χ3n) is 6.41.